The summed E-state index contributed by atoms with van der Waals surface area (Å²) in [4.78, 5) is 0. The molecule has 0 saturated heterocycles. The molecule has 0 aromatic carbocycles. The smallest absolute Gasteiger partial charge is 0.122 e. The highest BCUT2D eigenvalue weighted by Gasteiger charge is 2.63. The molecule has 9 heteroatoms. The van der Waals surface area contributed by atoms with Gasteiger partial charge in [0.1, 0.15) is 5.75 Å². The van der Waals surface area contributed by atoms with Crippen LogP contribution in [0, 0.1) is 0 Å². The highest BCUT2D eigenvalue weighted by Crippen LogP contribution is 2.98. The molecule has 0 saturated carbocycles. The van der Waals surface area contributed by atoms with Gasteiger partial charge in [-0.25, -0.2) is 0 Å². The van der Waals surface area contributed by atoms with Crippen LogP contribution in [0.4, 0.5) is 19.4 Å². The van der Waals surface area contributed by atoms with E-state index in [4.69, 9.17) is 11.6 Å². The largest absolute Gasteiger partial charge is 0.287 e. The molecular weight excluding hydrogens is 490 g/mol. The minimum atomic E-state index is -9.32. The van der Waals surface area contributed by atoms with Gasteiger partial charge in [0.15, 0.2) is 0 Å². The van der Waals surface area contributed by atoms with Crippen molar-refractivity contribution in [2.45, 2.75) is 56.7 Å². The molecule has 23 heavy (non-hydrogen) atoms. The van der Waals surface area contributed by atoms with Crippen LogP contribution in [0.1, 0.15) is 51.4 Å². The molecule has 0 amide bonds. The van der Waals surface area contributed by atoms with Crippen LogP contribution < -0.4 is 0 Å². The van der Waals surface area contributed by atoms with Gasteiger partial charge < -0.3 is 0 Å². The standard InChI is InChI=1S/C7H13BrClF5S.C7H13Br/c8-5-3-1-2-4-7(9)6-15(10,11,12,13)14;1-2-3-4-5-6-7-8/h7H,1-6H2;2H,1,3-7H2. The molecule has 0 fully saturated rings. The highest BCUT2D eigenvalue weighted by atomic mass is 79.9. The van der Waals surface area contributed by atoms with Crippen molar-refractivity contribution in [1.29, 1.82) is 0 Å². The third-order valence-corrected chi connectivity index (χ3v) is 5.40. The summed E-state index contributed by atoms with van der Waals surface area (Å²) in [6.07, 6.45) is 8.99. The van der Waals surface area contributed by atoms with E-state index in [-0.39, 0.29) is 6.42 Å². The van der Waals surface area contributed by atoms with Gasteiger partial charge in [-0.05, 0) is 32.1 Å². The summed E-state index contributed by atoms with van der Waals surface area (Å²) in [5.74, 6) is -2.16. The Morgan fingerprint density at radius 2 is 1.35 bits per heavy atom. The summed E-state index contributed by atoms with van der Waals surface area (Å²) in [6.45, 7) is 3.65. The first kappa shape index (κ1) is 26.2. The third-order valence-electron chi connectivity index (χ3n) is 2.69. The second kappa shape index (κ2) is 11.6. The van der Waals surface area contributed by atoms with E-state index >= 15 is 0 Å². The van der Waals surface area contributed by atoms with E-state index in [9.17, 15) is 19.4 Å². The summed E-state index contributed by atoms with van der Waals surface area (Å²) < 4.78 is 59.7. The van der Waals surface area contributed by atoms with Crippen LogP contribution in [0.5, 0.6) is 0 Å². The van der Waals surface area contributed by atoms with Crippen molar-refractivity contribution < 1.29 is 19.4 Å². The SMILES string of the molecule is C=CCCCCCBr.FS(F)(F)(F)(F)CC(Cl)CCCCCBr. The Labute approximate surface area is 158 Å². The van der Waals surface area contributed by atoms with Crippen molar-refractivity contribution in [2.75, 3.05) is 16.4 Å². The van der Waals surface area contributed by atoms with Crippen molar-refractivity contribution in [3.8, 4) is 0 Å². The molecule has 0 heterocycles. The molecule has 0 spiro atoms. The van der Waals surface area contributed by atoms with Gasteiger partial charge in [-0.1, -0.05) is 76.6 Å². The Balaban J connectivity index is 0. The zero-order chi connectivity index (χ0) is 18.5. The van der Waals surface area contributed by atoms with Crippen LogP contribution in [0.2, 0.25) is 0 Å². The van der Waals surface area contributed by atoms with Gasteiger partial charge in [-0.3, -0.25) is 0 Å². The van der Waals surface area contributed by atoms with Crippen LogP contribution in [0.25, 0.3) is 0 Å². The van der Waals surface area contributed by atoms with E-state index in [1.165, 1.54) is 25.7 Å². The maximum Gasteiger partial charge on any atom is 0.287 e. The fourth-order valence-corrected chi connectivity index (χ4v) is 4.13. The summed E-state index contributed by atoms with van der Waals surface area (Å²) >= 11 is 11.8. The van der Waals surface area contributed by atoms with Gasteiger partial charge >= 0.3 is 0 Å². The first-order chi connectivity index (χ1) is 10.3. The van der Waals surface area contributed by atoms with Crippen LogP contribution >= 0.6 is 53.7 Å². The van der Waals surface area contributed by atoms with E-state index in [1.807, 2.05) is 6.08 Å². The lowest BCUT2D eigenvalue weighted by atomic mass is 10.2. The zero-order valence-electron chi connectivity index (χ0n) is 13.1. The first-order valence-electron chi connectivity index (χ1n) is 7.45. The van der Waals surface area contributed by atoms with Gasteiger partial charge in [0, 0.05) is 10.7 Å². The molecule has 0 aromatic rings. The Morgan fingerprint density at radius 1 is 0.870 bits per heavy atom. The average Bonchev–Trinajstić information content (AvgIpc) is 2.37. The van der Waals surface area contributed by atoms with Crippen LogP contribution in [-0.2, 0) is 0 Å². The molecule has 144 valence electrons. The maximum absolute atomic E-state index is 11.9. The van der Waals surface area contributed by atoms with Crippen molar-refractivity contribution in [3.05, 3.63) is 12.7 Å². The van der Waals surface area contributed by atoms with Gasteiger partial charge in [0.2, 0.25) is 0 Å². The number of allylic oxidation sites excluding steroid dienone is 1. The van der Waals surface area contributed by atoms with E-state index < -0.39 is 21.4 Å². The first-order valence-corrected chi connectivity index (χ1v) is 12.2. The van der Waals surface area contributed by atoms with Gasteiger partial charge in [-0.15, -0.1) is 18.2 Å². The molecule has 0 aliphatic carbocycles. The molecule has 0 aromatic heterocycles. The molecule has 0 nitrogen and oxygen atoms in total. The highest BCUT2D eigenvalue weighted by molar-refractivity contribution is 9.09. The molecule has 0 bridgehead atoms. The predicted molar refractivity (Wildman–Crippen MR) is 102 cm³/mol. The second-order valence-electron chi connectivity index (χ2n) is 5.26. The molecule has 0 rings (SSSR count). The van der Waals surface area contributed by atoms with Crippen molar-refractivity contribution >= 4 is 53.7 Å². The van der Waals surface area contributed by atoms with Crippen LogP contribution in [0.15, 0.2) is 12.7 Å². The van der Waals surface area contributed by atoms with Crippen molar-refractivity contribution in [1.82, 2.24) is 0 Å². The fourth-order valence-electron chi connectivity index (χ4n) is 1.62. The van der Waals surface area contributed by atoms with E-state index in [2.05, 4.69) is 38.4 Å². The number of rotatable bonds is 12. The minimum Gasteiger partial charge on any atom is -0.122 e. The minimum absolute atomic E-state index is 0.0276. The zero-order valence-corrected chi connectivity index (χ0v) is 17.8. The lowest BCUT2D eigenvalue weighted by molar-refractivity contribution is 0.361. The maximum atomic E-state index is 11.9. The fraction of sp³-hybridized carbons (Fsp3) is 0.857. The normalized spacial score (nSPS) is 15.8. The lowest BCUT2D eigenvalue weighted by Crippen LogP contribution is -2.19. The number of halogens is 8. The summed E-state index contributed by atoms with van der Waals surface area (Å²) in [5, 5.41) is 0.378. The molecular formula is C14H26Br2ClF5S. The molecule has 0 aliphatic heterocycles. The van der Waals surface area contributed by atoms with Gasteiger partial charge in [0.05, 0.1) is 5.38 Å². The average molecular weight is 517 g/mol. The topological polar surface area (TPSA) is 0 Å². The van der Waals surface area contributed by atoms with Crippen molar-refractivity contribution in [2.24, 2.45) is 0 Å². The quantitative estimate of drug-likeness (QED) is 0.105. The Kier molecular flexibility index (Phi) is 13.2. The lowest BCUT2D eigenvalue weighted by Gasteiger charge is -2.41. The Morgan fingerprint density at radius 3 is 1.74 bits per heavy atom. The van der Waals surface area contributed by atoms with Crippen LogP contribution in [0.3, 0.4) is 0 Å². The molecule has 1 atom stereocenters. The summed E-state index contributed by atoms with van der Waals surface area (Å²) in [6, 6.07) is 0. The van der Waals surface area contributed by atoms with Gasteiger partial charge in [0.25, 0.3) is 10.2 Å². The predicted octanol–water partition coefficient (Wildman–Crippen LogP) is 8.98. The number of hydrogen-bond acceptors (Lipinski definition) is 0. The summed E-state index contributed by atoms with van der Waals surface area (Å²) in [7, 11) is -9.32. The van der Waals surface area contributed by atoms with E-state index in [1.54, 1.807) is 0 Å². The van der Waals surface area contributed by atoms with E-state index in [0.29, 0.717) is 12.8 Å². The molecule has 0 aliphatic rings. The summed E-state index contributed by atoms with van der Waals surface area (Å²) in [5.41, 5.74) is 0. The van der Waals surface area contributed by atoms with Gasteiger partial charge in [-0.2, -0.15) is 0 Å². The van der Waals surface area contributed by atoms with E-state index in [0.717, 1.165) is 17.1 Å². The molecule has 0 radical (unpaired) electrons. The number of alkyl halides is 3. The Hall–Kier alpha value is 0.990. The monoisotopic (exact) mass is 514 g/mol. The molecule has 1 unspecified atom stereocenters. The Bertz CT molecular complexity index is 310. The van der Waals surface area contributed by atoms with Crippen LogP contribution in [-0.4, -0.2) is 21.8 Å². The van der Waals surface area contributed by atoms with Crippen molar-refractivity contribution in [3.63, 3.8) is 0 Å². The second-order valence-corrected chi connectivity index (χ2v) is 10.1. The number of hydrogen-bond donors (Lipinski definition) is 0. The third kappa shape index (κ3) is 28.1. The number of unbranched alkanes of at least 4 members (excludes halogenated alkanes) is 5. The molecule has 0 N–H and O–H groups in total.